The summed E-state index contributed by atoms with van der Waals surface area (Å²) in [7, 11) is 7.89. The summed E-state index contributed by atoms with van der Waals surface area (Å²) in [5, 5.41) is 0. The van der Waals surface area contributed by atoms with Crippen molar-refractivity contribution >= 4 is 7.85 Å². The SMILES string of the molecule is CC.CC.CC.CCCCCCCCCCCCCCCCCCCCCCC.[B]C1OC(COC)C(C(C)CC)C1C1CC1. The zero-order valence-electron chi connectivity index (χ0n) is 33.5. The Hall–Kier alpha value is -0.0151. The lowest BCUT2D eigenvalue weighted by Gasteiger charge is -2.28. The largest absolute Gasteiger partial charge is 0.382 e. The van der Waals surface area contributed by atoms with Gasteiger partial charge in [-0.25, -0.2) is 0 Å². The zero-order valence-corrected chi connectivity index (χ0v) is 33.5. The van der Waals surface area contributed by atoms with E-state index in [2.05, 4.69) is 27.7 Å². The van der Waals surface area contributed by atoms with Gasteiger partial charge in [0, 0.05) is 13.1 Å². The monoisotopic (exact) mass is 637 g/mol. The molecular weight excluding hydrogens is 547 g/mol. The standard InChI is InChI=1S/C23H48.C13H23BO2.3C2H6/c1-3-5-7-9-11-13-15-17-19-21-23-22-20-18-16-14-12-10-8-6-4-2;1-4-8(2)11-10(7-15-3)16-13(14)12(11)9-5-6-9;3*1-2/h3-23H2,1-2H3;8-13H,4-7H2,1-3H3;3*1-2H3. The first-order valence-electron chi connectivity index (χ1n) is 21.0. The third-order valence-electron chi connectivity index (χ3n) is 9.59. The van der Waals surface area contributed by atoms with Crippen molar-refractivity contribution in [3.05, 3.63) is 0 Å². The van der Waals surface area contributed by atoms with Gasteiger partial charge in [0.2, 0.25) is 0 Å². The minimum absolute atomic E-state index is 0.0633. The average molecular weight is 637 g/mol. The van der Waals surface area contributed by atoms with E-state index in [0.29, 0.717) is 24.4 Å². The minimum atomic E-state index is -0.0633. The van der Waals surface area contributed by atoms with Crippen molar-refractivity contribution in [2.45, 2.75) is 235 Å². The molecule has 1 heterocycles. The smallest absolute Gasteiger partial charge is 0.109 e. The highest BCUT2D eigenvalue weighted by atomic mass is 16.5. The fraction of sp³-hybridized carbons (Fsp3) is 1.00. The lowest BCUT2D eigenvalue weighted by atomic mass is 9.71. The molecule has 45 heavy (non-hydrogen) atoms. The van der Waals surface area contributed by atoms with Gasteiger partial charge in [0.25, 0.3) is 0 Å². The van der Waals surface area contributed by atoms with Gasteiger partial charge >= 0.3 is 0 Å². The van der Waals surface area contributed by atoms with Gasteiger partial charge in [-0.3, -0.25) is 0 Å². The van der Waals surface area contributed by atoms with E-state index >= 15 is 0 Å². The van der Waals surface area contributed by atoms with Crippen molar-refractivity contribution in [3.63, 3.8) is 0 Å². The molecule has 1 saturated heterocycles. The summed E-state index contributed by atoms with van der Waals surface area (Å²) in [6, 6.07) is -0.0633. The van der Waals surface area contributed by atoms with E-state index in [4.69, 9.17) is 17.3 Å². The lowest BCUT2D eigenvalue weighted by Crippen LogP contribution is -2.31. The van der Waals surface area contributed by atoms with E-state index < -0.39 is 0 Å². The van der Waals surface area contributed by atoms with E-state index in [1.807, 2.05) is 41.5 Å². The molecule has 1 aliphatic carbocycles. The summed E-state index contributed by atoms with van der Waals surface area (Å²) in [5.41, 5.74) is 0. The second-order valence-electron chi connectivity index (χ2n) is 13.2. The summed E-state index contributed by atoms with van der Waals surface area (Å²) >= 11 is 0. The Bertz CT molecular complexity index is 489. The number of rotatable bonds is 25. The summed E-state index contributed by atoms with van der Waals surface area (Å²) in [5.74, 6) is 2.65. The summed E-state index contributed by atoms with van der Waals surface area (Å²) in [4.78, 5) is 0. The molecule has 0 aromatic rings. The van der Waals surface area contributed by atoms with Crippen LogP contribution in [0.5, 0.6) is 0 Å². The Morgan fingerprint density at radius 3 is 1.13 bits per heavy atom. The molecule has 2 fully saturated rings. The highest BCUT2D eigenvalue weighted by Crippen LogP contribution is 2.50. The van der Waals surface area contributed by atoms with Crippen molar-refractivity contribution in [3.8, 4) is 0 Å². The van der Waals surface area contributed by atoms with Gasteiger partial charge in [-0.15, -0.1) is 0 Å². The number of methoxy groups -OCH3 is 1. The molecule has 2 radical (unpaired) electrons. The van der Waals surface area contributed by atoms with Crippen LogP contribution in [0.3, 0.4) is 0 Å². The van der Waals surface area contributed by atoms with Crippen molar-refractivity contribution in [2.75, 3.05) is 13.7 Å². The molecule has 5 unspecified atom stereocenters. The van der Waals surface area contributed by atoms with E-state index in [0.717, 1.165) is 5.92 Å². The highest BCUT2D eigenvalue weighted by molar-refractivity contribution is 6.11. The molecule has 2 aliphatic rings. The fourth-order valence-electron chi connectivity index (χ4n) is 6.75. The van der Waals surface area contributed by atoms with Crippen LogP contribution >= 0.6 is 0 Å². The first kappa shape index (κ1) is 49.4. The van der Waals surface area contributed by atoms with Crippen molar-refractivity contribution < 1.29 is 9.47 Å². The molecule has 0 aromatic heterocycles. The second kappa shape index (κ2) is 40.2. The maximum absolute atomic E-state index is 6.15. The summed E-state index contributed by atoms with van der Waals surface area (Å²) < 4.78 is 11.2. The van der Waals surface area contributed by atoms with Gasteiger partial charge in [0.05, 0.1) is 12.7 Å². The van der Waals surface area contributed by atoms with Crippen molar-refractivity contribution in [2.24, 2.45) is 23.7 Å². The minimum Gasteiger partial charge on any atom is -0.382 e. The van der Waals surface area contributed by atoms with E-state index in [1.165, 1.54) is 154 Å². The van der Waals surface area contributed by atoms with Crippen LogP contribution in [0.15, 0.2) is 0 Å². The molecule has 0 amide bonds. The fourth-order valence-corrected chi connectivity index (χ4v) is 6.75. The second-order valence-corrected chi connectivity index (χ2v) is 13.2. The van der Waals surface area contributed by atoms with E-state index in [9.17, 15) is 0 Å². The number of hydrogen-bond acceptors (Lipinski definition) is 2. The van der Waals surface area contributed by atoms with Crippen LogP contribution in [0.4, 0.5) is 0 Å². The first-order valence-corrected chi connectivity index (χ1v) is 21.0. The van der Waals surface area contributed by atoms with Crippen molar-refractivity contribution in [1.29, 1.82) is 0 Å². The molecule has 5 atom stereocenters. The third-order valence-corrected chi connectivity index (χ3v) is 9.59. The van der Waals surface area contributed by atoms with Crippen molar-refractivity contribution in [1.82, 2.24) is 0 Å². The Labute approximate surface area is 289 Å². The zero-order chi connectivity index (χ0) is 34.6. The van der Waals surface area contributed by atoms with Gasteiger partial charge in [-0.05, 0) is 36.5 Å². The van der Waals surface area contributed by atoms with Gasteiger partial charge in [-0.2, -0.15) is 0 Å². The van der Waals surface area contributed by atoms with Gasteiger partial charge in [-0.1, -0.05) is 210 Å². The molecule has 272 valence electrons. The van der Waals surface area contributed by atoms with Crippen LogP contribution in [-0.2, 0) is 9.47 Å². The number of hydrogen-bond donors (Lipinski definition) is 0. The maximum atomic E-state index is 6.15. The average Bonchev–Trinajstić information content (AvgIpc) is 3.87. The van der Waals surface area contributed by atoms with E-state index in [1.54, 1.807) is 7.11 Å². The molecule has 2 nitrogen and oxygen atoms in total. The summed E-state index contributed by atoms with van der Waals surface area (Å²) in [6.07, 6.45) is 35.0. The summed E-state index contributed by atoms with van der Waals surface area (Å²) in [6.45, 7) is 21.9. The number of ether oxygens (including phenoxy) is 2. The molecule has 0 bridgehead atoms. The molecule has 0 spiro atoms. The molecular formula is C42H89BO2. The quantitative estimate of drug-likeness (QED) is 0.0733. The van der Waals surface area contributed by atoms with Crippen LogP contribution in [-0.4, -0.2) is 33.7 Å². The molecule has 1 aliphatic heterocycles. The van der Waals surface area contributed by atoms with Crippen LogP contribution in [0.25, 0.3) is 0 Å². The van der Waals surface area contributed by atoms with E-state index in [-0.39, 0.29) is 12.1 Å². The predicted octanol–water partition coefficient (Wildman–Crippen LogP) is 14.5. The molecule has 0 N–H and O–H groups in total. The Balaban J connectivity index is -0.000000696. The lowest BCUT2D eigenvalue weighted by molar-refractivity contribution is 0.000912. The highest BCUT2D eigenvalue weighted by Gasteiger charge is 2.50. The normalized spacial score (nSPS) is 20.8. The molecule has 2 rings (SSSR count). The van der Waals surface area contributed by atoms with Gasteiger partial charge < -0.3 is 9.47 Å². The Morgan fingerprint density at radius 2 is 0.889 bits per heavy atom. The van der Waals surface area contributed by atoms with Crippen LogP contribution in [0, 0.1) is 23.7 Å². The molecule has 1 saturated carbocycles. The van der Waals surface area contributed by atoms with Gasteiger partial charge in [0.1, 0.15) is 7.85 Å². The number of unbranched alkanes of at least 4 members (excludes halogenated alkanes) is 20. The van der Waals surface area contributed by atoms with Crippen LogP contribution < -0.4 is 0 Å². The maximum Gasteiger partial charge on any atom is 0.109 e. The first-order chi connectivity index (χ1) is 22.1. The predicted molar refractivity (Wildman–Crippen MR) is 208 cm³/mol. The van der Waals surface area contributed by atoms with Gasteiger partial charge in [0.15, 0.2) is 0 Å². The topological polar surface area (TPSA) is 18.5 Å². The molecule has 3 heteroatoms. The third kappa shape index (κ3) is 28.7. The van der Waals surface area contributed by atoms with Crippen LogP contribution in [0.2, 0.25) is 0 Å². The Kier molecular flexibility index (Phi) is 44.1. The Morgan fingerprint density at radius 1 is 0.578 bits per heavy atom. The molecule has 0 aromatic carbocycles. The van der Waals surface area contributed by atoms with Crippen LogP contribution in [0.1, 0.15) is 223 Å².